The summed E-state index contributed by atoms with van der Waals surface area (Å²) < 4.78 is 13.4. The number of hydrogen-bond donors (Lipinski definition) is 0. The molecule has 162 valence electrons. The van der Waals surface area contributed by atoms with E-state index < -0.39 is 0 Å². The van der Waals surface area contributed by atoms with Crippen LogP contribution in [-0.4, -0.2) is 68.0 Å². The number of carbonyl (C=O) groups is 1. The first-order valence-corrected chi connectivity index (χ1v) is 10.5. The van der Waals surface area contributed by atoms with Crippen LogP contribution in [0.15, 0.2) is 40.9 Å². The van der Waals surface area contributed by atoms with Crippen molar-refractivity contribution < 1.29 is 14.1 Å². The molecule has 5 rings (SSSR count). The molecule has 1 spiro atoms. The van der Waals surface area contributed by atoms with E-state index in [1.165, 1.54) is 0 Å². The monoisotopic (exact) mass is 423 g/mol. The Balaban J connectivity index is 1.30. The van der Waals surface area contributed by atoms with E-state index in [2.05, 4.69) is 25.6 Å². The fourth-order valence-electron chi connectivity index (χ4n) is 4.35. The van der Waals surface area contributed by atoms with Crippen LogP contribution in [0.25, 0.3) is 5.69 Å². The zero-order valence-electron chi connectivity index (χ0n) is 17.5. The largest absolute Gasteiger partial charge is 0.372 e. The Morgan fingerprint density at radius 3 is 2.71 bits per heavy atom. The van der Waals surface area contributed by atoms with Crippen LogP contribution < -0.4 is 4.90 Å². The summed E-state index contributed by atoms with van der Waals surface area (Å²) >= 11 is 0. The molecule has 2 fully saturated rings. The van der Waals surface area contributed by atoms with E-state index in [9.17, 15) is 4.79 Å². The van der Waals surface area contributed by atoms with Gasteiger partial charge < -0.3 is 19.1 Å². The lowest BCUT2D eigenvalue weighted by Gasteiger charge is -2.42. The van der Waals surface area contributed by atoms with Crippen molar-refractivity contribution >= 4 is 11.9 Å². The maximum absolute atomic E-state index is 12.6. The Labute approximate surface area is 179 Å². The third kappa shape index (κ3) is 4.02. The molecule has 0 bridgehead atoms. The van der Waals surface area contributed by atoms with Gasteiger partial charge in [-0.1, -0.05) is 28.5 Å². The standard InChI is InChI=1S/C21H25N7O3/c1-16-13-18(31-23-16)14-27-15-21(30-12-7-19(27)29)8-10-26(11-9-21)20-22-24-25-28(20)17-5-3-2-4-6-17/h2-6,13H,7-12,14-15H2,1H3. The van der Waals surface area contributed by atoms with Gasteiger partial charge in [-0.25, -0.2) is 0 Å². The van der Waals surface area contributed by atoms with Gasteiger partial charge in [0.25, 0.3) is 0 Å². The Bertz CT molecular complexity index is 1040. The van der Waals surface area contributed by atoms with Crippen molar-refractivity contribution in [2.45, 2.75) is 38.3 Å². The molecule has 0 saturated carbocycles. The molecule has 4 heterocycles. The predicted octanol–water partition coefficient (Wildman–Crippen LogP) is 1.75. The number of piperidine rings is 1. The zero-order valence-corrected chi connectivity index (χ0v) is 17.5. The third-order valence-electron chi connectivity index (χ3n) is 5.99. The second-order valence-electron chi connectivity index (χ2n) is 8.18. The molecule has 1 amide bonds. The Hall–Kier alpha value is -3.27. The molecule has 2 aliphatic rings. The van der Waals surface area contributed by atoms with Crippen LogP contribution >= 0.6 is 0 Å². The molecule has 10 heteroatoms. The average Bonchev–Trinajstić information content (AvgIpc) is 3.40. The maximum atomic E-state index is 12.6. The highest BCUT2D eigenvalue weighted by Gasteiger charge is 2.41. The Kier molecular flexibility index (Phi) is 5.14. The van der Waals surface area contributed by atoms with Gasteiger partial charge in [0, 0.05) is 19.2 Å². The van der Waals surface area contributed by atoms with Gasteiger partial charge in [-0.15, -0.1) is 0 Å². The Morgan fingerprint density at radius 2 is 1.97 bits per heavy atom. The van der Waals surface area contributed by atoms with E-state index >= 15 is 0 Å². The number of carbonyl (C=O) groups excluding carboxylic acids is 1. The average molecular weight is 423 g/mol. The van der Waals surface area contributed by atoms with Gasteiger partial charge >= 0.3 is 0 Å². The fraction of sp³-hybridized carbons (Fsp3) is 0.476. The summed E-state index contributed by atoms with van der Waals surface area (Å²) in [6, 6.07) is 11.7. The van der Waals surface area contributed by atoms with Crippen LogP contribution in [-0.2, 0) is 16.1 Å². The van der Waals surface area contributed by atoms with Gasteiger partial charge in [0.1, 0.15) is 0 Å². The van der Waals surface area contributed by atoms with Gasteiger partial charge in [-0.3, -0.25) is 4.79 Å². The first-order valence-electron chi connectivity index (χ1n) is 10.5. The van der Waals surface area contributed by atoms with Crippen LogP contribution in [0.1, 0.15) is 30.7 Å². The molecule has 2 aromatic heterocycles. The zero-order chi connectivity index (χ0) is 21.3. The number of para-hydroxylation sites is 1. The van der Waals surface area contributed by atoms with Crippen molar-refractivity contribution in [3.63, 3.8) is 0 Å². The lowest BCUT2D eigenvalue weighted by molar-refractivity contribution is -0.132. The van der Waals surface area contributed by atoms with Crippen LogP contribution in [0.2, 0.25) is 0 Å². The van der Waals surface area contributed by atoms with Crippen molar-refractivity contribution in [3.05, 3.63) is 47.9 Å². The molecule has 31 heavy (non-hydrogen) atoms. The quantitative estimate of drug-likeness (QED) is 0.625. The number of ether oxygens (including phenoxy) is 1. The topological polar surface area (TPSA) is 102 Å². The van der Waals surface area contributed by atoms with E-state index in [4.69, 9.17) is 9.26 Å². The lowest BCUT2D eigenvalue weighted by Crippen LogP contribution is -2.52. The van der Waals surface area contributed by atoms with Crippen molar-refractivity contribution in [2.75, 3.05) is 31.1 Å². The number of anilines is 1. The van der Waals surface area contributed by atoms with Gasteiger partial charge in [-0.05, 0) is 42.3 Å². The first-order chi connectivity index (χ1) is 15.1. The minimum Gasteiger partial charge on any atom is -0.372 e. The van der Waals surface area contributed by atoms with Crippen LogP contribution in [0.4, 0.5) is 5.95 Å². The highest BCUT2D eigenvalue weighted by Crippen LogP contribution is 2.32. The van der Waals surface area contributed by atoms with Crippen molar-refractivity contribution in [1.82, 2.24) is 30.3 Å². The Morgan fingerprint density at radius 1 is 1.16 bits per heavy atom. The molecule has 2 saturated heterocycles. The molecular weight excluding hydrogens is 398 g/mol. The summed E-state index contributed by atoms with van der Waals surface area (Å²) in [4.78, 5) is 16.7. The van der Waals surface area contributed by atoms with Crippen LogP contribution in [0.5, 0.6) is 0 Å². The number of aryl methyl sites for hydroxylation is 1. The molecule has 10 nitrogen and oxygen atoms in total. The summed E-state index contributed by atoms with van der Waals surface area (Å²) in [5.41, 5.74) is 1.36. The number of hydrogen-bond acceptors (Lipinski definition) is 8. The van der Waals surface area contributed by atoms with Gasteiger partial charge in [0.05, 0.1) is 43.1 Å². The highest BCUT2D eigenvalue weighted by atomic mass is 16.5. The van der Waals surface area contributed by atoms with E-state index in [1.807, 2.05) is 48.2 Å². The van der Waals surface area contributed by atoms with Crippen molar-refractivity contribution in [3.8, 4) is 5.69 Å². The van der Waals surface area contributed by atoms with Crippen LogP contribution in [0.3, 0.4) is 0 Å². The van der Waals surface area contributed by atoms with E-state index in [0.717, 1.165) is 43.3 Å². The lowest BCUT2D eigenvalue weighted by atomic mass is 9.90. The maximum Gasteiger partial charge on any atom is 0.250 e. The SMILES string of the molecule is Cc1cc(CN2CC3(CCN(c4nnnn4-c4ccccc4)CC3)OCCC2=O)on1. The van der Waals surface area contributed by atoms with Crippen molar-refractivity contribution in [1.29, 1.82) is 0 Å². The smallest absolute Gasteiger partial charge is 0.250 e. The molecule has 0 aliphatic carbocycles. The summed E-state index contributed by atoms with van der Waals surface area (Å²) in [6.45, 7) is 4.77. The van der Waals surface area contributed by atoms with Crippen LogP contribution in [0, 0.1) is 6.92 Å². The van der Waals surface area contributed by atoms with Gasteiger partial charge in [-0.2, -0.15) is 4.68 Å². The van der Waals surface area contributed by atoms with E-state index in [1.54, 1.807) is 4.68 Å². The first kappa shape index (κ1) is 19.7. The number of amides is 1. The number of aromatic nitrogens is 5. The normalized spacial score (nSPS) is 19.1. The number of nitrogens with zero attached hydrogens (tertiary/aromatic N) is 7. The summed E-state index contributed by atoms with van der Waals surface area (Å²) in [6.07, 6.45) is 1.95. The molecule has 1 aromatic carbocycles. The molecule has 0 atom stereocenters. The molecule has 3 aromatic rings. The molecule has 0 N–H and O–H groups in total. The second kappa shape index (κ2) is 8.10. The summed E-state index contributed by atoms with van der Waals surface area (Å²) in [5.74, 6) is 1.50. The molecule has 2 aliphatic heterocycles. The molecule has 0 radical (unpaired) electrons. The summed E-state index contributed by atoms with van der Waals surface area (Å²) in [7, 11) is 0. The van der Waals surface area contributed by atoms with E-state index in [-0.39, 0.29) is 11.5 Å². The number of benzene rings is 1. The summed E-state index contributed by atoms with van der Waals surface area (Å²) in [5, 5.41) is 16.2. The fourth-order valence-corrected chi connectivity index (χ4v) is 4.35. The number of rotatable bonds is 4. The number of tetrazole rings is 1. The van der Waals surface area contributed by atoms with E-state index in [0.29, 0.717) is 31.9 Å². The van der Waals surface area contributed by atoms with Gasteiger partial charge in [0.2, 0.25) is 11.9 Å². The molecule has 0 unspecified atom stereocenters. The van der Waals surface area contributed by atoms with Gasteiger partial charge in [0.15, 0.2) is 5.76 Å². The highest BCUT2D eigenvalue weighted by molar-refractivity contribution is 5.76. The second-order valence-corrected chi connectivity index (χ2v) is 8.18. The van der Waals surface area contributed by atoms with Crippen molar-refractivity contribution in [2.24, 2.45) is 0 Å². The minimum atomic E-state index is -0.372. The predicted molar refractivity (Wildman–Crippen MR) is 111 cm³/mol. The molecular formula is C21H25N7O3. The minimum absolute atomic E-state index is 0.0846. The third-order valence-corrected chi connectivity index (χ3v) is 5.99.